The molecule has 10 heteroatoms. The van der Waals surface area contributed by atoms with Crippen LogP contribution >= 0.6 is 8.25 Å². The molecule has 0 amide bonds. The Morgan fingerprint density at radius 1 is 1.68 bits per heavy atom. The summed E-state index contributed by atoms with van der Waals surface area (Å²) in [6, 6.07) is 1.49. The minimum atomic E-state index is -2.75. The second-order valence-corrected chi connectivity index (χ2v) is 4.81. The van der Waals surface area contributed by atoms with Gasteiger partial charge in [-0.2, -0.15) is 14.3 Å². The lowest BCUT2D eigenvalue weighted by molar-refractivity contribution is -0.773. The lowest BCUT2D eigenvalue weighted by atomic mass is 10.2. The number of rotatable bonds is 4. The monoisotopic (exact) mass is 291 g/mol. The first-order valence-electron chi connectivity index (χ1n) is 5.50. The molecule has 1 aromatic heterocycles. The van der Waals surface area contributed by atoms with Crippen LogP contribution < -0.4 is 16.0 Å². The largest absolute Gasteiger partial charge is 0.694 e. The molecule has 1 saturated heterocycles. The highest BCUT2D eigenvalue weighted by Gasteiger charge is 2.40. The molecule has 1 fully saturated rings. The van der Waals surface area contributed by atoms with Gasteiger partial charge < -0.3 is 15.6 Å². The van der Waals surface area contributed by atoms with Crippen LogP contribution in [0.25, 0.3) is 0 Å². The maximum atomic E-state index is 11.7. The van der Waals surface area contributed by atoms with Gasteiger partial charge in [0, 0.05) is 17.1 Å². The molecule has 1 aliphatic rings. The highest BCUT2D eigenvalue weighted by atomic mass is 31.1. The number of H-pyrrole nitrogens is 1. The van der Waals surface area contributed by atoms with Gasteiger partial charge in [0.2, 0.25) is 6.23 Å². The van der Waals surface area contributed by atoms with E-state index in [1.807, 2.05) is 0 Å². The van der Waals surface area contributed by atoms with Crippen molar-refractivity contribution in [3.63, 3.8) is 0 Å². The number of nitrogens with one attached hydrogen (secondary N) is 1. The van der Waals surface area contributed by atoms with Gasteiger partial charge in [-0.25, -0.2) is 0 Å². The fourth-order valence-corrected chi connectivity index (χ4v) is 2.13. The highest BCUT2D eigenvalue weighted by Crippen LogP contribution is 2.26. The zero-order valence-corrected chi connectivity index (χ0v) is 10.7. The quantitative estimate of drug-likeness (QED) is 0.393. The summed E-state index contributed by atoms with van der Waals surface area (Å²) in [5.74, 6) is 0.219. The van der Waals surface area contributed by atoms with Crippen molar-refractivity contribution in [2.75, 3.05) is 12.3 Å². The predicted molar refractivity (Wildman–Crippen MR) is 62.0 cm³/mol. The molecule has 1 aliphatic heterocycles. The maximum Gasteiger partial charge on any atom is 0.694 e. The van der Waals surface area contributed by atoms with E-state index in [9.17, 15) is 14.5 Å². The molecule has 2 heterocycles. The van der Waals surface area contributed by atoms with Crippen molar-refractivity contribution in [2.45, 2.75) is 24.9 Å². The Kier molecular flexibility index (Phi) is 4.23. The summed E-state index contributed by atoms with van der Waals surface area (Å²) in [4.78, 5) is 22.6. The van der Waals surface area contributed by atoms with Crippen LogP contribution in [0.2, 0.25) is 0 Å². The van der Waals surface area contributed by atoms with E-state index in [1.54, 1.807) is 0 Å². The molecule has 4 atom stereocenters. The van der Waals surface area contributed by atoms with E-state index in [-0.39, 0.29) is 18.8 Å². The number of nitrogen functional groups attached to an aromatic ring is 1. The Morgan fingerprint density at radius 3 is 3.05 bits per heavy atom. The number of hydrogen-bond acceptors (Lipinski definition) is 6. The lowest BCUT2D eigenvalue weighted by Gasteiger charge is -2.09. The third-order valence-corrected chi connectivity index (χ3v) is 3.13. The molecule has 0 bridgehead atoms. The van der Waals surface area contributed by atoms with Gasteiger partial charge in [-0.05, 0) is 0 Å². The fourth-order valence-electron chi connectivity index (χ4n) is 1.86. The Balaban J connectivity index is 2.07. The van der Waals surface area contributed by atoms with Crippen LogP contribution in [0.15, 0.2) is 17.1 Å². The molecule has 9 nitrogen and oxygen atoms in total. The normalized spacial score (nSPS) is 27.5. The number of aromatic amines is 1. The number of ether oxygens (including phenoxy) is 1. The number of aliphatic hydroxyl groups excluding tert-OH is 1. The maximum absolute atomic E-state index is 11.7. The van der Waals surface area contributed by atoms with Crippen molar-refractivity contribution >= 4 is 14.1 Å². The molecule has 104 valence electrons. The molecule has 0 aromatic carbocycles. The second kappa shape index (κ2) is 5.72. The van der Waals surface area contributed by atoms with Gasteiger partial charge in [0.25, 0.3) is 0 Å². The predicted octanol–water partition coefficient (Wildman–Crippen LogP) is -1.44. The van der Waals surface area contributed by atoms with Crippen molar-refractivity contribution in [2.24, 2.45) is 0 Å². The lowest BCUT2D eigenvalue weighted by Crippen LogP contribution is -2.54. The van der Waals surface area contributed by atoms with E-state index in [0.29, 0.717) is 0 Å². The van der Waals surface area contributed by atoms with Crippen LogP contribution in [0.3, 0.4) is 0 Å². The van der Waals surface area contributed by atoms with Crippen molar-refractivity contribution in [3.05, 3.63) is 22.7 Å². The van der Waals surface area contributed by atoms with E-state index in [1.165, 1.54) is 16.8 Å². The topological polar surface area (TPSA) is 139 Å². The van der Waals surface area contributed by atoms with Crippen LogP contribution in [0, 0.1) is 0 Å². The summed E-state index contributed by atoms with van der Waals surface area (Å²) < 4.78 is 21.6. The third kappa shape index (κ3) is 3.34. The third-order valence-electron chi connectivity index (χ3n) is 2.76. The van der Waals surface area contributed by atoms with Crippen LogP contribution in [-0.2, 0) is 13.8 Å². The summed E-state index contributed by atoms with van der Waals surface area (Å²) >= 11 is 0. The van der Waals surface area contributed by atoms with E-state index >= 15 is 0 Å². The van der Waals surface area contributed by atoms with Gasteiger partial charge in [-0.1, -0.05) is 0 Å². The average molecular weight is 291 g/mol. The molecular formula is C9H14N3O6P+2. The first-order chi connectivity index (χ1) is 8.97. The molecule has 0 aliphatic carbocycles. The molecule has 1 unspecified atom stereocenters. The Bertz CT molecular complexity index is 535. The number of hydrogen-bond donors (Lipinski definition) is 4. The molecule has 5 N–H and O–H groups in total. The Hall–Kier alpha value is -1.38. The molecular weight excluding hydrogens is 277 g/mol. The number of aromatic nitrogens is 2. The Labute approximate surface area is 108 Å². The highest BCUT2D eigenvalue weighted by molar-refractivity contribution is 7.32. The average Bonchev–Trinajstić information content (AvgIpc) is 2.67. The zero-order valence-electron chi connectivity index (χ0n) is 9.80. The fraction of sp³-hybridized carbons (Fsp3) is 0.556. The molecule has 19 heavy (non-hydrogen) atoms. The van der Waals surface area contributed by atoms with Crippen molar-refractivity contribution in [1.29, 1.82) is 0 Å². The van der Waals surface area contributed by atoms with E-state index < -0.39 is 32.4 Å². The van der Waals surface area contributed by atoms with Gasteiger partial charge in [0.1, 0.15) is 18.9 Å². The standard InChI is InChI=1S/C9H12N3O6P/c10-7-1-2-12(9(14)11-7)8-3-5(13)6(18-8)4-17-19(15)16/h1-2,5-6,8,13H,3-4H2,(H2-,10,11,14,15,16)/p+2/t5-,6+,8+/m0/s1. The SMILES string of the molecule is Nc1cc[n+]([C@H]2C[C@H](O)[C@@H](CO[P+](=O)O)O2)c(=O)[nH]1. The van der Waals surface area contributed by atoms with Crippen LogP contribution in [0.5, 0.6) is 0 Å². The summed E-state index contributed by atoms with van der Waals surface area (Å²) in [6.07, 6.45) is -0.704. The van der Waals surface area contributed by atoms with E-state index in [4.69, 9.17) is 15.4 Å². The smallest absolute Gasteiger partial charge is 0.390 e. The van der Waals surface area contributed by atoms with Gasteiger partial charge >= 0.3 is 13.9 Å². The zero-order chi connectivity index (χ0) is 14.0. The molecule has 0 saturated carbocycles. The number of nitrogens with zero attached hydrogens (tertiary/aromatic N) is 1. The summed E-state index contributed by atoms with van der Waals surface area (Å²) in [5.41, 5.74) is 4.96. The minimum absolute atomic E-state index is 0.175. The molecule has 0 radical (unpaired) electrons. The summed E-state index contributed by atoms with van der Waals surface area (Å²) in [5, 5.41) is 9.75. The number of aliphatic hydroxyl groups is 1. The van der Waals surface area contributed by atoms with E-state index in [0.717, 1.165) is 0 Å². The summed E-state index contributed by atoms with van der Waals surface area (Å²) in [6.45, 7) is -0.225. The minimum Gasteiger partial charge on any atom is -0.390 e. The van der Waals surface area contributed by atoms with Crippen molar-refractivity contribution in [1.82, 2.24) is 4.98 Å². The van der Waals surface area contributed by atoms with Crippen LogP contribution in [-0.4, -0.2) is 33.8 Å². The van der Waals surface area contributed by atoms with Crippen LogP contribution in [0.4, 0.5) is 5.82 Å². The summed E-state index contributed by atoms with van der Waals surface area (Å²) in [7, 11) is -2.75. The van der Waals surface area contributed by atoms with Gasteiger partial charge in [-0.3, -0.25) is 0 Å². The molecule has 1 aromatic rings. The molecule has 0 spiro atoms. The van der Waals surface area contributed by atoms with Gasteiger partial charge in [-0.15, -0.1) is 9.42 Å². The van der Waals surface area contributed by atoms with Gasteiger partial charge in [0.05, 0.1) is 6.10 Å². The van der Waals surface area contributed by atoms with E-state index in [2.05, 4.69) is 9.51 Å². The first kappa shape index (κ1) is 14.0. The van der Waals surface area contributed by atoms with Crippen LogP contribution in [0.1, 0.15) is 12.6 Å². The second-order valence-electron chi connectivity index (χ2n) is 4.07. The number of nitrogens with two attached hydrogens (primary N) is 1. The first-order valence-corrected chi connectivity index (χ1v) is 6.63. The molecule has 2 rings (SSSR count). The number of anilines is 1. The van der Waals surface area contributed by atoms with Crippen molar-refractivity contribution in [3.8, 4) is 0 Å². The van der Waals surface area contributed by atoms with Crippen molar-refractivity contribution < 1.29 is 28.4 Å². The van der Waals surface area contributed by atoms with Gasteiger partial charge in [0.15, 0.2) is 5.82 Å². The Morgan fingerprint density at radius 2 is 2.42 bits per heavy atom.